The van der Waals surface area contributed by atoms with Crippen LogP contribution in [0.2, 0.25) is 0 Å². The summed E-state index contributed by atoms with van der Waals surface area (Å²) in [5.41, 5.74) is -0.635. The standard InChI is InChI=1S/C18H18FN3O2/c19-16-14(4-3-9-21-16)18(24)10-12-6-7-13(11-18)22(12)17(23)15-5-1-2-8-20-15/h1-5,8-9,12-13,24H,6-7,10-11H2/t12-,13-/m0/s1. The van der Waals surface area contributed by atoms with Gasteiger partial charge in [0.15, 0.2) is 0 Å². The third kappa shape index (κ3) is 2.38. The predicted octanol–water partition coefficient (Wildman–Crippen LogP) is 2.27. The van der Waals surface area contributed by atoms with Crippen molar-refractivity contribution in [2.45, 2.75) is 43.4 Å². The SMILES string of the molecule is O=C(c1ccccn1)N1[C@H]2CC[C@H]1CC(O)(c1cccnc1F)C2. The van der Waals surface area contributed by atoms with Gasteiger partial charge in [-0.3, -0.25) is 9.78 Å². The van der Waals surface area contributed by atoms with Gasteiger partial charge >= 0.3 is 0 Å². The molecule has 2 fully saturated rings. The van der Waals surface area contributed by atoms with Crippen LogP contribution in [0.4, 0.5) is 4.39 Å². The zero-order chi connectivity index (χ0) is 16.7. The zero-order valence-corrected chi connectivity index (χ0v) is 13.1. The summed E-state index contributed by atoms with van der Waals surface area (Å²) in [5.74, 6) is -0.749. The Morgan fingerprint density at radius 1 is 1.12 bits per heavy atom. The maximum absolute atomic E-state index is 14.1. The quantitative estimate of drug-likeness (QED) is 0.859. The fourth-order valence-corrected chi connectivity index (χ4v) is 4.13. The molecular formula is C18H18FN3O2. The molecule has 124 valence electrons. The van der Waals surface area contributed by atoms with Gasteiger partial charge in [0.05, 0.1) is 5.60 Å². The largest absolute Gasteiger partial charge is 0.385 e. The number of amides is 1. The third-order valence-electron chi connectivity index (χ3n) is 5.15. The number of piperidine rings is 1. The van der Waals surface area contributed by atoms with E-state index in [9.17, 15) is 14.3 Å². The van der Waals surface area contributed by atoms with E-state index in [1.54, 1.807) is 36.5 Å². The maximum Gasteiger partial charge on any atom is 0.272 e. The van der Waals surface area contributed by atoms with Crippen LogP contribution in [0.15, 0.2) is 42.7 Å². The van der Waals surface area contributed by atoms with Gasteiger partial charge in [0.1, 0.15) is 5.69 Å². The van der Waals surface area contributed by atoms with Gasteiger partial charge in [-0.1, -0.05) is 12.1 Å². The van der Waals surface area contributed by atoms with Crippen LogP contribution in [0.3, 0.4) is 0 Å². The number of halogens is 1. The molecular weight excluding hydrogens is 309 g/mol. The van der Waals surface area contributed by atoms with Crippen molar-refractivity contribution in [2.24, 2.45) is 0 Å². The molecule has 0 unspecified atom stereocenters. The van der Waals surface area contributed by atoms with Crippen LogP contribution in [0.1, 0.15) is 41.7 Å². The molecule has 2 bridgehead atoms. The van der Waals surface area contributed by atoms with Crippen molar-refractivity contribution < 1.29 is 14.3 Å². The molecule has 0 spiro atoms. The van der Waals surface area contributed by atoms with E-state index in [0.717, 1.165) is 12.8 Å². The fraction of sp³-hybridized carbons (Fsp3) is 0.389. The number of aromatic nitrogens is 2. The molecule has 4 rings (SSSR count). The molecule has 1 N–H and O–H groups in total. The smallest absolute Gasteiger partial charge is 0.272 e. The Morgan fingerprint density at radius 2 is 1.83 bits per heavy atom. The second-order valence-corrected chi connectivity index (χ2v) is 6.59. The van der Waals surface area contributed by atoms with Crippen molar-refractivity contribution in [3.63, 3.8) is 0 Å². The Kier molecular flexibility index (Phi) is 3.57. The molecule has 2 aliphatic rings. The summed E-state index contributed by atoms with van der Waals surface area (Å²) in [6.07, 6.45) is 5.24. The first-order valence-electron chi connectivity index (χ1n) is 8.15. The number of hydrogen-bond donors (Lipinski definition) is 1. The van der Waals surface area contributed by atoms with E-state index in [1.807, 2.05) is 4.90 Å². The van der Waals surface area contributed by atoms with Crippen molar-refractivity contribution in [1.82, 2.24) is 14.9 Å². The van der Waals surface area contributed by atoms with Crippen LogP contribution in [0.5, 0.6) is 0 Å². The average Bonchev–Trinajstić information content (AvgIpc) is 2.87. The fourth-order valence-electron chi connectivity index (χ4n) is 4.13. The van der Waals surface area contributed by atoms with Crippen LogP contribution in [-0.2, 0) is 5.60 Å². The minimum atomic E-state index is -1.27. The van der Waals surface area contributed by atoms with E-state index in [2.05, 4.69) is 9.97 Å². The third-order valence-corrected chi connectivity index (χ3v) is 5.15. The van der Waals surface area contributed by atoms with E-state index in [-0.39, 0.29) is 23.6 Å². The van der Waals surface area contributed by atoms with Crippen LogP contribution in [0, 0.1) is 5.95 Å². The average molecular weight is 327 g/mol. The highest BCUT2D eigenvalue weighted by atomic mass is 19.1. The molecule has 5 nitrogen and oxygen atoms in total. The Balaban J connectivity index is 1.62. The molecule has 6 heteroatoms. The second-order valence-electron chi connectivity index (χ2n) is 6.59. The Labute approximate surface area is 139 Å². The number of aliphatic hydroxyl groups is 1. The summed E-state index contributed by atoms with van der Waals surface area (Å²) in [6.45, 7) is 0. The minimum absolute atomic E-state index is 0.108. The van der Waals surface area contributed by atoms with Gasteiger partial charge in [-0.05, 0) is 31.0 Å². The lowest BCUT2D eigenvalue weighted by Crippen LogP contribution is -2.52. The van der Waals surface area contributed by atoms with E-state index in [4.69, 9.17) is 0 Å². The molecule has 2 saturated heterocycles. The summed E-state index contributed by atoms with van der Waals surface area (Å²) in [6, 6.07) is 8.25. The number of hydrogen-bond acceptors (Lipinski definition) is 4. The molecule has 2 aromatic rings. The van der Waals surface area contributed by atoms with Crippen LogP contribution < -0.4 is 0 Å². The molecule has 0 aliphatic carbocycles. The summed E-state index contributed by atoms with van der Waals surface area (Å²) in [4.78, 5) is 22.4. The van der Waals surface area contributed by atoms with Gasteiger partial charge in [0.25, 0.3) is 5.91 Å². The highest BCUT2D eigenvalue weighted by Crippen LogP contribution is 2.46. The van der Waals surface area contributed by atoms with Crippen LogP contribution in [-0.4, -0.2) is 38.0 Å². The van der Waals surface area contributed by atoms with Crippen LogP contribution >= 0.6 is 0 Å². The zero-order valence-electron chi connectivity index (χ0n) is 13.1. The maximum atomic E-state index is 14.1. The lowest BCUT2D eigenvalue weighted by Gasteiger charge is -2.43. The van der Waals surface area contributed by atoms with Crippen molar-refractivity contribution >= 4 is 5.91 Å². The first-order valence-corrected chi connectivity index (χ1v) is 8.15. The molecule has 1 amide bonds. The highest BCUT2D eigenvalue weighted by molar-refractivity contribution is 5.93. The first-order chi connectivity index (χ1) is 11.6. The molecule has 2 aliphatic heterocycles. The molecule has 0 radical (unpaired) electrons. The Morgan fingerprint density at radius 3 is 2.46 bits per heavy atom. The highest BCUT2D eigenvalue weighted by Gasteiger charge is 2.51. The predicted molar refractivity (Wildman–Crippen MR) is 84.5 cm³/mol. The van der Waals surface area contributed by atoms with Crippen molar-refractivity contribution in [2.75, 3.05) is 0 Å². The van der Waals surface area contributed by atoms with Gasteiger partial charge in [0.2, 0.25) is 5.95 Å². The van der Waals surface area contributed by atoms with Crippen molar-refractivity contribution in [3.8, 4) is 0 Å². The monoisotopic (exact) mass is 327 g/mol. The number of carbonyl (C=O) groups is 1. The second kappa shape index (κ2) is 5.63. The molecule has 0 saturated carbocycles. The lowest BCUT2D eigenvalue weighted by molar-refractivity contribution is -0.0505. The van der Waals surface area contributed by atoms with Crippen molar-refractivity contribution in [3.05, 3.63) is 59.9 Å². The minimum Gasteiger partial charge on any atom is -0.385 e. The van der Waals surface area contributed by atoms with Crippen LogP contribution in [0.25, 0.3) is 0 Å². The molecule has 2 atom stereocenters. The first kappa shape index (κ1) is 15.2. The van der Waals surface area contributed by atoms with Gasteiger partial charge in [-0.15, -0.1) is 0 Å². The lowest BCUT2D eigenvalue weighted by atomic mass is 9.81. The number of rotatable bonds is 2. The summed E-state index contributed by atoms with van der Waals surface area (Å²) >= 11 is 0. The summed E-state index contributed by atoms with van der Waals surface area (Å²) < 4.78 is 14.1. The summed E-state index contributed by atoms with van der Waals surface area (Å²) in [5, 5.41) is 11.0. The normalized spacial score (nSPS) is 28.8. The molecule has 24 heavy (non-hydrogen) atoms. The summed E-state index contributed by atoms with van der Waals surface area (Å²) in [7, 11) is 0. The number of fused-ring (bicyclic) bond motifs is 2. The molecule has 4 heterocycles. The Hall–Kier alpha value is -2.34. The Bertz CT molecular complexity index is 754. The van der Waals surface area contributed by atoms with Gasteiger partial charge in [-0.2, -0.15) is 4.39 Å². The van der Waals surface area contributed by atoms with Gasteiger partial charge in [-0.25, -0.2) is 4.98 Å². The topological polar surface area (TPSA) is 66.3 Å². The number of nitrogens with zero attached hydrogens (tertiary/aromatic N) is 3. The van der Waals surface area contributed by atoms with E-state index >= 15 is 0 Å². The van der Waals surface area contributed by atoms with Gasteiger partial charge < -0.3 is 10.0 Å². The number of carbonyl (C=O) groups excluding carboxylic acids is 1. The molecule has 0 aromatic carbocycles. The van der Waals surface area contributed by atoms with Gasteiger partial charge in [0, 0.05) is 42.9 Å². The number of pyridine rings is 2. The van der Waals surface area contributed by atoms with E-state index in [0.29, 0.717) is 18.5 Å². The van der Waals surface area contributed by atoms with E-state index in [1.165, 1.54) is 6.20 Å². The van der Waals surface area contributed by atoms with E-state index < -0.39 is 11.5 Å². The molecule has 2 aromatic heterocycles. The van der Waals surface area contributed by atoms with Crippen molar-refractivity contribution in [1.29, 1.82) is 0 Å².